The Kier molecular flexibility index (Phi) is 4.32. The Balaban J connectivity index is 3.81. The molecule has 0 aromatic rings. The Morgan fingerprint density at radius 2 is 2.10 bits per heavy atom. The fourth-order valence-corrected chi connectivity index (χ4v) is 0.711. The SMILES string of the molecule is C=C(CC)[C@@H](O)[C@H](C)CO. The van der Waals surface area contributed by atoms with Gasteiger partial charge in [-0.15, -0.1) is 0 Å². The first-order valence-electron chi connectivity index (χ1n) is 3.60. The standard InChI is InChI=1S/C8H16O2/c1-4-6(2)8(10)7(3)5-9/h7-10H,2,4-5H2,1,3H3/t7-,8-/m1/s1. The van der Waals surface area contributed by atoms with Gasteiger partial charge in [0.25, 0.3) is 0 Å². The van der Waals surface area contributed by atoms with E-state index in [4.69, 9.17) is 5.11 Å². The minimum Gasteiger partial charge on any atom is -0.396 e. The molecule has 0 spiro atoms. The number of rotatable bonds is 4. The van der Waals surface area contributed by atoms with Gasteiger partial charge in [0.1, 0.15) is 0 Å². The zero-order valence-corrected chi connectivity index (χ0v) is 6.67. The Hall–Kier alpha value is -0.340. The molecule has 0 unspecified atom stereocenters. The Labute approximate surface area is 62.2 Å². The molecule has 2 heteroatoms. The fourth-order valence-electron chi connectivity index (χ4n) is 0.711. The van der Waals surface area contributed by atoms with E-state index in [1.165, 1.54) is 0 Å². The van der Waals surface area contributed by atoms with Crippen LogP contribution in [0.5, 0.6) is 0 Å². The van der Waals surface area contributed by atoms with E-state index >= 15 is 0 Å². The van der Waals surface area contributed by atoms with Crippen molar-refractivity contribution in [2.75, 3.05) is 6.61 Å². The maximum Gasteiger partial charge on any atom is 0.0794 e. The molecule has 0 aliphatic heterocycles. The Morgan fingerprint density at radius 1 is 1.60 bits per heavy atom. The molecule has 0 aliphatic rings. The van der Waals surface area contributed by atoms with Crippen LogP contribution in [-0.4, -0.2) is 22.9 Å². The predicted molar refractivity (Wildman–Crippen MR) is 41.7 cm³/mol. The fraction of sp³-hybridized carbons (Fsp3) is 0.750. The van der Waals surface area contributed by atoms with E-state index in [-0.39, 0.29) is 12.5 Å². The molecule has 0 fully saturated rings. The Bertz CT molecular complexity index is 110. The molecule has 0 aromatic carbocycles. The summed E-state index contributed by atoms with van der Waals surface area (Å²) in [4.78, 5) is 0. The number of aliphatic hydroxyl groups is 2. The number of hydrogen-bond acceptors (Lipinski definition) is 2. The van der Waals surface area contributed by atoms with Crippen LogP contribution in [0.2, 0.25) is 0 Å². The first-order chi connectivity index (χ1) is 4.63. The van der Waals surface area contributed by atoms with Gasteiger partial charge in [0.05, 0.1) is 6.10 Å². The van der Waals surface area contributed by atoms with Crippen molar-refractivity contribution in [3.63, 3.8) is 0 Å². The minimum absolute atomic E-state index is 0.0141. The summed E-state index contributed by atoms with van der Waals surface area (Å²) in [7, 11) is 0. The van der Waals surface area contributed by atoms with E-state index in [0.717, 1.165) is 12.0 Å². The van der Waals surface area contributed by atoms with Crippen molar-refractivity contribution in [1.82, 2.24) is 0 Å². The summed E-state index contributed by atoms with van der Waals surface area (Å²) in [5.41, 5.74) is 0.793. The first kappa shape index (κ1) is 9.66. The van der Waals surface area contributed by atoms with Crippen LogP contribution in [0.25, 0.3) is 0 Å². The normalized spacial score (nSPS) is 16.4. The second-order valence-electron chi connectivity index (χ2n) is 2.62. The molecule has 2 atom stereocenters. The maximum absolute atomic E-state index is 9.33. The van der Waals surface area contributed by atoms with Gasteiger partial charge in [-0.3, -0.25) is 0 Å². The highest BCUT2D eigenvalue weighted by molar-refractivity contribution is 5.01. The molecular weight excluding hydrogens is 128 g/mol. The van der Waals surface area contributed by atoms with Crippen molar-refractivity contribution in [1.29, 1.82) is 0 Å². The third kappa shape index (κ3) is 2.50. The van der Waals surface area contributed by atoms with Gasteiger partial charge >= 0.3 is 0 Å². The molecule has 0 heterocycles. The highest BCUT2D eigenvalue weighted by Crippen LogP contribution is 2.12. The molecule has 2 nitrogen and oxygen atoms in total. The summed E-state index contributed by atoms with van der Waals surface area (Å²) in [6.07, 6.45) is 0.223. The molecule has 0 saturated carbocycles. The maximum atomic E-state index is 9.33. The van der Waals surface area contributed by atoms with E-state index in [2.05, 4.69) is 6.58 Å². The van der Waals surface area contributed by atoms with Crippen molar-refractivity contribution in [3.8, 4) is 0 Å². The van der Waals surface area contributed by atoms with Gasteiger partial charge in [-0.05, 0) is 12.0 Å². The molecule has 0 aliphatic carbocycles. The number of hydrogen-bond donors (Lipinski definition) is 2. The van der Waals surface area contributed by atoms with Crippen LogP contribution in [-0.2, 0) is 0 Å². The summed E-state index contributed by atoms with van der Waals surface area (Å²) in [6, 6.07) is 0. The summed E-state index contributed by atoms with van der Waals surface area (Å²) in [6.45, 7) is 7.43. The second-order valence-corrected chi connectivity index (χ2v) is 2.62. The average molecular weight is 144 g/mol. The van der Waals surface area contributed by atoms with Gasteiger partial charge < -0.3 is 10.2 Å². The van der Waals surface area contributed by atoms with Crippen LogP contribution < -0.4 is 0 Å². The van der Waals surface area contributed by atoms with E-state index in [9.17, 15) is 5.11 Å². The molecule has 0 radical (unpaired) electrons. The molecule has 60 valence electrons. The van der Waals surface area contributed by atoms with Gasteiger partial charge in [-0.25, -0.2) is 0 Å². The topological polar surface area (TPSA) is 40.5 Å². The molecular formula is C8H16O2. The van der Waals surface area contributed by atoms with Crippen molar-refractivity contribution in [3.05, 3.63) is 12.2 Å². The van der Waals surface area contributed by atoms with Gasteiger partial charge in [0.15, 0.2) is 0 Å². The summed E-state index contributed by atoms with van der Waals surface area (Å²) >= 11 is 0. The van der Waals surface area contributed by atoms with Gasteiger partial charge in [-0.1, -0.05) is 20.4 Å². The third-order valence-corrected chi connectivity index (χ3v) is 1.70. The van der Waals surface area contributed by atoms with Crippen LogP contribution in [0.4, 0.5) is 0 Å². The Morgan fingerprint density at radius 3 is 2.40 bits per heavy atom. The monoisotopic (exact) mass is 144 g/mol. The molecule has 0 aromatic heterocycles. The van der Waals surface area contributed by atoms with Gasteiger partial charge in [0.2, 0.25) is 0 Å². The zero-order valence-electron chi connectivity index (χ0n) is 6.67. The molecule has 0 bridgehead atoms. The molecule has 0 rings (SSSR count). The van der Waals surface area contributed by atoms with E-state index < -0.39 is 6.10 Å². The quantitative estimate of drug-likeness (QED) is 0.576. The number of aliphatic hydroxyl groups excluding tert-OH is 2. The van der Waals surface area contributed by atoms with Crippen molar-refractivity contribution in [2.24, 2.45) is 5.92 Å². The summed E-state index contributed by atoms with van der Waals surface area (Å²) in [5.74, 6) is -0.0903. The van der Waals surface area contributed by atoms with Crippen molar-refractivity contribution < 1.29 is 10.2 Å². The largest absolute Gasteiger partial charge is 0.396 e. The van der Waals surface area contributed by atoms with Crippen LogP contribution in [0.15, 0.2) is 12.2 Å². The zero-order chi connectivity index (χ0) is 8.15. The average Bonchev–Trinajstić information content (AvgIpc) is 2.00. The minimum atomic E-state index is -0.546. The first-order valence-corrected chi connectivity index (χ1v) is 3.60. The highest BCUT2D eigenvalue weighted by atomic mass is 16.3. The van der Waals surface area contributed by atoms with Crippen LogP contribution >= 0.6 is 0 Å². The molecule has 10 heavy (non-hydrogen) atoms. The van der Waals surface area contributed by atoms with Crippen molar-refractivity contribution >= 4 is 0 Å². The van der Waals surface area contributed by atoms with Gasteiger partial charge in [-0.2, -0.15) is 0 Å². The molecule has 0 saturated heterocycles. The van der Waals surface area contributed by atoms with E-state index in [0.29, 0.717) is 0 Å². The van der Waals surface area contributed by atoms with Crippen LogP contribution in [0.1, 0.15) is 20.3 Å². The molecule has 0 amide bonds. The summed E-state index contributed by atoms with van der Waals surface area (Å²) < 4.78 is 0. The van der Waals surface area contributed by atoms with Crippen molar-refractivity contribution in [2.45, 2.75) is 26.4 Å². The predicted octanol–water partition coefficient (Wildman–Crippen LogP) is 0.942. The van der Waals surface area contributed by atoms with E-state index in [1.54, 1.807) is 6.92 Å². The smallest absolute Gasteiger partial charge is 0.0794 e. The molecule has 2 N–H and O–H groups in total. The highest BCUT2D eigenvalue weighted by Gasteiger charge is 2.14. The lowest BCUT2D eigenvalue weighted by Crippen LogP contribution is -2.22. The van der Waals surface area contributed by atoms with Crippen LogP contribution in [0, 0.1) is 5.92 Å². The lowest BCUT2D eigenvalue weighted by Gasteiger charge is -2.17. The van der Waals surface area contributed by atoms with Gasteiger partial charge in [0, 0.05) is 12.5 Å². The van der Waals surface area contributed by atoms with Crippen LogP contribution in [0.3, 0.4) is 0 Å². The summed E-state index contributed by atoms with van der Waals surface area (Å²) in [5, 5.41) is 18.0. The third-order valence-electron chi connectivity index (χ3n) is 1.70. The lowest BCUT2D eigenvalue weighted by atomic mass is 9.98. The van der Waals surface area contributed by atoms with E-state index in [1.807, 2.05) is 6.92 Å². The lowest BCUT2D eigenvalue weighted by molar-refractivity contribution is 0.101. The second kappa shape index (κ2) is 4.47.